The minimum absolute atomic E-state index is 0.0196. The Balaban J connectivity index is 2.39. The van der Waals surface area contributed by atoms with Crippen LogP contribution in [0, 0.1) is 0 Å². The van der Waals surface area contributed by atoms with E-state index in [1.165, 1.54) is 0 Å². The number of piperidine rings is 1. The average molecular weight is 276 g/mol. The van der Waals surface area contributed by atoms with Gasteiger partial charge in [-0.15, -0.1) is 0 Å². The molecule has 0 aliphatic carbocycles. The summed E-state index contributed by atoms with van der Waals surface area (Å²) < 4.78 is 5.29. The minimum Gasteiger partial charge on any atom is -0.497 e. The molecule has 0 radical (unpaired) electrons. The first kappa shape index (κ1) is 14.9. The summed E-state index contributed by atoms with van der Waals surface area (Å²) in [6.45, 7) is 4.18. The number of nitrogens with zero attached hydrogens (tertiary/aromatic N) is 1. The minimum atomic E-state index is -0.0544. The van der Waals surface area contributed by atoms with E-state index in [0.717, 1.165) is 24.2 Å². The molecule has 0 saturated carbocycles. The fourth-order valence-corrected chi connectivity index (χ4v) is 2.89. The molecule has 1 amide bonds. The van der Waals surface area contributed by atoms with E-state index in [0.29, 0.717) is 6.42 Å². The van der Waals surface area contributed by atoms with E-state index in [-0.39, 0.29) is 24.0 Å². The number of likely N-dealkylation sites (tertiary alicyclic amines) is 1. The monoisotopic (exact) mass is 276 g/mol. The van der Waals surface area contributed by atoms with E-state index in [1.807, 2.05) is 29.2 Å². The SMILES string of the molecule is CCC(C)N1C(=O)CCC(N)C1c1cccc(OC)c1. The van der Waals surface area contributed by atoms with Crippen molar-refractivity contribution in [2.45, 2.75) is 51.2 Å². The summed E-state index contributed by atoms with van der Waals surface area (Å²) in [4.78, 5) is 14.3. The number of ether oxygens (including phenoxy) is 1. The standard InChI is InChI=1S/C16H24N2O2/c1-4-11(2)18-15(19)9-8-14(17)16(18)12-6-5-7-13(10-12)20-3/h5-7,10-11,14,16H,4,8-9,17H2,1-3H3. The van der Waals surface area contributed by atoms with Gasteiger partial charge in [-0.3, -0.25) is 4.79 Å². The van der Waals surface area contributed by atoms with E-state index in [2.05, 4.69) is 13.8 Å². The molecule has 2 N–H and O–H groups in total. The number of carbonyl (C=O) groups is 1. The van der Waals surface area contributed by atoms with Gasteiger partial charge >= 0.3 is 0 Å². The summed E-state index contributed by atoms with van der Waals surface area (Å²) >= 11 is 0. The number of carbonyl (C=O) groups excluding carboxylic acids is 1. The summed E-state index contributed by atoms with van der Waals surface area (Å²) in [7, 11) is 1.65. The largest absolute Gasteiger partial charge is 0.497 e. The zero-order valence-corrected chi connectivity index (χ0v) is 12.5. The molecule has 3 unspecified atom stereocenters. The van der Waals surface area contributed by atoms with Crippen LogP contribution >= 0.6 is 0 Å². The third-order valence-electron chi connectivity index (χ3n) is 4.19. The highest BCUT2D eigenvalue weighted by molar-refractivity contribution is 5.78. The normalized spacial score (nSPS) is 24.6. The Morgan fingerprint density at radius 2 is 2.25 bits per heavy atom. The van der Waals surface area contributed by atoms with Crippen LogP contribution in [0.2, 0.25) is 0 Å². The fraction of sp³-hybridized carbons (Fsp3) is 0.562. The lowest BCUT2D eigenvalue weighted by atomic mass is 9.89. The lowest BCUT2D eigenvalue weighted by Crippen LogP contribution is -2.52. The molecular formula is C16H24N2O2. The van der Waals surface area contributed by atoms with Crippen LogP contribution in [0.5, 0.6) is 5.75 Å². The summed E-state index contributed by atoms with van der Waals surface area (Å²) in [6.07, 6.45) is 2.22. The molecule has 1 fully saturated rings. The molecule has 0 bridgehead atoms. The van der Waals surface area contributed by atoms with E-state index in [9.17, 15) is 4.79 Å². The number of nitrogens with two attached hydrogens (primary N) is 1. The van der Waals surface area contributed by atoms with Gasteiger partial charge in [0, 0.05) is 18.5 Å². The van der Waals surface area contributed by atoms with Gasteiger partial charge in [-0.25, -0.2) is 0 Å². The van der Waals surface area contributed by atoms with Crippen LogP contribution in [0.15, 0.2) is 24.3 Å². The van der Waals surface area contributed by atoms with Crippen molar-refractivity contribution in [2.24, 2.45) is 5.73 Å². The van der Waals surface area contributed by atoms with E-state index < -0.39 is 0 Å². The number of benzene rings is 1. The Kier molecular flexibility index (Phi) is 4.65. The predicted molar refractivity (Wildman–Crippen MR) is 79.5 cm³/mol. The van der Waals surface area contributed by atoms with Gasteiger partial charge in [0.15, 0.2) is 0 Å². The second-order valence-electron chi connectivity index (χ2n) is 5.48. The third kappa shape index (κ3) is 2.80. The van der Waals surface area contributed by atoms with Crippen LogP contribution in [0.25, 0.3) is 0 Å². The quantitative estimate of drug-likeness (QED) is 0.919. The van der Waals surface area contributed by atoms with Crippen molar-refractivity contribution >= 4 is 5.91 Å². The van der Waals surface area contributed by atoms with Crippen molar-refractivity contribution in [3.63, 3.8) is 0 Å². The maximum absolute atomic E-state index is 12.3. The van der Waals surface area contributed by atoms with Crippen molar-refractivity contribution in [1.82, 2.24) is 4.90 Å². The average Bonchev–Trinajstić information content (AvgIpc) is 2.48. The van der Waals surface area contributed by atoms with Gasteiger partial charge in [-0.2, -0.15) is 0 Å². The van der Waals surface area contributed by atoms with Gasteiger partial charge < -0.3 is 15.4 Å². The number of hydrogen-bond acceptors (Lipinski definition) is 3. The van der Waals surface area contributed by atoms with Crippen LogP contribution in [0.4, 0.5) is 0 Å². The molecule has 2 rings (SSSR count). The first-order valence-electron chi connectivity index (χ1n) is 7.29. The summed E-state index contributed by atoms with van der Waals surface area (Å²) in [5.74, 6) is 1.01. The highest BCUT2D eigenvalue weighted by Gasteiger charge is 2.37. The smallest absolute Gasteiger partial charge is 0.223 e. The second kappa shape index (κ2) is 6.27. The van der Waals surface area contributed by atoms with Crippen LogP contribution in [-0.2, 0) is 4.79 Å². The molecule has 110 valence electrons. The lowest BCUT2D eigenvalue weighted by molar-refractivity contribution is -0.140. The van der Waals surface area contributed by atoms with Crippen molar-refractivity contribution in [3.8, 4) is 5.75 Å². The van der Waals surface area contributed by atoms with Crippen molar-refractivity contribution in [2.75, 3.05) is 7.11 Å². The number of methoxy groups -OCH3 is 1. The summed E-state index contributed by atoms with van der Waals surface area (Å²) in [5, 5.41) is 0. The maximum atomic E-state index is 12.3. The van der Waals surface area contributed by atoms with E-state index >= 15 is 0 Å². The third-order valence-corrected chi connectivity index (χ3v) is 4.19. The lowest BCUT2D eigenvalue weighted by Gasteiger charge is -2.43. The molecule has 20 heavy (non-hydrogen) atoms. The van der Waals surface area contributed by atoms with E-state index in [1.54, 1.807) is 7.11 Å². The van der Waals surface area contributed by atoms with Crippen molar-refractivity contribution in [3.05, 3.63) is 29.8 Å². The van der Waals surface area contributed by atoms with Crippen molar-refractivity contribution in [1.29, 1.82) is 0 Å². The van der Waals surface area contributed by atoms with Gasteiger partial charge in [-0.05, 0) is 37.5 Å². The molecule has 3 atom stereocenters. The van der Waals surface area contributed by atoms with Crippen LogP contribution in [-0.4, -0.2) is 30.0 Å². The molecule has 0 spiro atoms. The van der Waals surface area contributed by atoms with Gasteiger partial charge in [-0.1, -0.05) is 19.1 Å². The summed E-state index contributed by atoms with van der Waals surface area (Å²) in [5.41, 5.74) is 7.37. The second-order valence-corrected chi connectivity index (χ2v) is 5.48. The van der Waals surface area contributed by atoms with Crippen LogP contribution in [0.1, 0.15) is 44.7 Å². The molecule has 1 aromatic rings. The highest BCUT2D eigenvalue weighted by Crippen LogP contribution is 2.34. The fourth-order valence-electron chi connectivity index (χ4n) is 2.89. The number of amides is 1. The Morgan fingerprint density at radius 1 is 1.50 bits per heavy atom. The number of hydrogen-bond donors (Lipinski definition) is 1. The van der Waals surface area contributed by atoms with E-state index in [4.69, 9.17) is 10.5 Å². The Morgan fingerprint density at radius 3 is 2.90 bits per heavy atom. The zero-order valence-electron chi connectivity index (χ0n) is 12.5. The number of rotatable bonds is 4. The van der Waals surface area contributed by atoms with Gasteiger partial charge in [0.05, 0.1) is 13.2 Å². The summed E-state index contributed by atoms with van der Waals surface area (Å²) in [6, 6.07) is 8.00. The first-order valence-corrected chi connectivity index (χ1v) is 7.29. The molecule has 1 aliphatic rings. The molecule has 0 aromatic heterocycles. The molecule has 1 saturated heterocycles. The maximum Gasteiger partial charge on any atom is 0.223 e. The first-order chi connectivity index (χ1) is 9.58. The Labute approximate surface area is 120 Å². The van der Waals surface area contributed by atoms with Crippen LogP contribution in [0.3, 0.4) is 0 Å². The predicted octanol–water partition coefficient (Wildman–Crippen LogP) is 2.48. The van der Waals surface area contributed by atoms with Gasteiger partial charge in [0.2, 0.25) is 5.91 Å². The molecule has 1 heterocycles. The molecule has 1 aliphatic heterocycles. The van der Waals surface area contributed by atoms with Gasteiger partial charge in [0.25, 0.3) is 0 Å². The highest BCUT2D eigenvalue weighted by atomic mass is 16.5. The zero-order chi connectivity index (χ0) is 14.7. The van der Waals surface area contributed by atoms with Crippen molar-refractivity contribution < 1.29 is 9.53 Å². The molecular weight excluding hydrogens is 252 g/mol. The Bertz CT molecular complexity index is 475. The molecule has 1 aromatic carbocycles. The Hall–Kier alpha value is -1.55. The van der Waals surface area contributed by atoms with Crippen LogP contribution < -0.4 is 10.5 Å². The molecule has 4 heteroatoms. The topological polar surface area (TPSA) is 55.6 Å². The van der Waals surface area contributed by atoms with Gasteiger partial charge in [0.1, 0.15) is 5.75 Å². The molecule has 4 nitrogen and oxygen atoms in total.